The Morgan fingerprint density at radius 3 is 2.58 bits per heavy atom. The molecule has 0 unspecified atom stereocenters. The van der Waals surface area contributed by atoms with Crippen LogP contribution in [-0.4, -0.2) is 23.2 Å². The van der Waals surface area contributed by atoms with Gasteiger partial charge in [0.2, 0.25) is 0 Å². The standard InChI is InChI=1S/C17H14ClN3O3/c1-10-19-17(24-21-10)11-3-6-13(7-4-11)20-16(22)14-9-12(18)5-8-15(14)23-2/h3-9H,1-2H3,(H,20,22). The molecule has 3 aromatic rings. The highest BCUT2D eigenvalue weighted by Crippen LogP contribution is 2.24. The summed E-state index contributed by atoms with van der Waals surface area (Å²) in [5.41, 5.74) is 1.76. The number of amides is 1. The summed E-state index contributed by atoms with van der Waals surface area (Å²) in [7, 11) is 1.50. The SMILES string of the molecule is COc1ccc(Cl)cc1C(=O)Nc1ccc(-c2nc(C)no2)cc1. The third-order valence-corrected chi connectivity index (χ3v) is 3.56. The number of aryl methyl sites for hydroxylation is 1. The zero-order valence-electron chi connectivity index (χ0n) is 13.0. The van der Waals surface area contributed by atoms with Gasteiger partial charge < -0.3 is 14.6 Å². The van der Waals surface area contributed by atoms with Crippen LogP contribution in [0.5, 0.6) is 5.75 Å². The van der Waals surface area contributed by atoms with E-state index in [9.17, 15) is 4.79 Å². The third-order valence-electron chi connectivity index (χ3n) is 3.32. The summed E-state index contributed by atoms with van der Waals surface area (Å²) in [6.07, 6.45) is 0. The van der Waals surface area contributed by atoms with E-state index in [-0.39, 0.29) is 5.91 Å². The predicted molar refractivity (Wildman–Crippen MR) is 90.4 cm³/mol. The predicted octanol–water partition coefficient (Wildman–Crippen LogP) is 3.96. The van der Waals surface area contributed by atoms with Crippen LogP contribution in [0.2, 0.25) is 5.02 Å². The molecule has 2 aromatic carbocycles. The molecule has 0 radical (unpaired) electrons. The second kappa shape index (κ2) is 6.72. The van der Waals surface area contributed by atoms with Gasteiger partial charge in [-0.1, -0.05) is 16.8 Å². The molecule has 0 fully saturated rings. The van der Waals surface area contributed by atoms with E-state index in [0.717, 1.165) is 5.56 Å². The molecular formula is C17H14ClN3O3. The smallest absolute Gasteiger partial charge is 0.259 e. The van der Waals surface area contributed by atoms with Crippen LogP contribution < -0.4 is 10.1 Å². The maximum absolute atomic E-state index is 12.4. The van der Waals surface area contributed by atoms with E-state index in [1.807, 2.05) is 0 Å². The summed E-state index contributed by atoms with van der Waals surface area (Å²) in [6, 6.07) is 12.0. The van der Waals surface area contributed by atoms with E-state index in [2.05, 4.69) is 15.5 Å². The summed E-state index contributed by atoms with van der Waals surface area (Å²) >= 11 is 5.95. The Morgan fingerprint density at radius 1 is 1.21 bits per heavy atom. The molecule has 6 nitrogen and oxygen atoms in total. The molecular weight excluding hydrogens is 330 g/mol. The highest BCUT2D eigenvalue weighted by Gasteiger charge is 2.13. The molecule has 0 aliphatic rings. The van der Waals surface area contributed by atoms with Crippen LogP contribution in [0.1, 0.15) is 16.2 Å². The van der Waals surface area contributed by atoms with E-state index < -0.39 is 0 Å². The van der Waals surface area contributed by atoms with Crippen LogP contribution in [0.15, 0.2) is 47.0 Å². The van der Waals surface area contributed by atoms with Crippen LogP contribution in [0, 0.1) is 6.92 Å². The summed E-state index contributed by atoms with van der Waals surface area (Å²) in [4.78, 5) is 16.6. The van der Waals surface area contributed by atoms with Gasteiger partial charge in [0.25, 0.3) is 11.8 Å². The molecule has 0 bridgehead atoms. The fourth-order valence-corrected chi connectivity index (χ4v) is 2.34. The Hall–Kier alpha value is -2.86. The highest BCUT2D eigenvalue weighted by atomic mass is 35.5. The molecule has 0 saturated carbocycles. The molecule has 1 heterocycles. The van der Waals surface area contributed by atoms with Crippen LogP contribution in [0.3, 0.4) is 0 Å². The minimum atomic E-state index is -0.310. The first-order chi connectivity index (χ1) is 11.6. The summed E-state index contributed by atoms with van der Waals surface area (Å²) in [6.45, 7) is 1.75. The number of carbonyl (C=O) groups excluding carboxylic acids is 1. The Balaban J connectivity index is 1.79. The van der Waals surface area contributed by atoms with Gasteiger partial charge in [0.1, 0.15) is 5.75 Å². The van der Waals surface area contributed by atoms with Crippen molar-refractivity contribution in [2.24, 2.45) is 0 Å². The fraction of sp³-hybridized carbons (Fsp3) is 0.118. The number of nitrogens with one attached hydrogen (secondary N) is 1. The molecule has 0 aliphatic heterocycles. The van der Waals surface area contributed by atoms with Gasteiger partial charge in [-0.25, -0.2) is 0 Å². The third kappa shape index (κ3) is 3.38. The Labute approximate surface area is 143 Å². The topological polar surface area (TPSA) is 77.2 Å². The molecule has 7 heteroatoms. The average Bonchev–Trinajstić information content (AvgIpc) is 3.02. The van der Waals surface area contributed by atoms with Gasteiger partial charge in [0.15, 0.2) is 5.82 Å². The van der Waals surface area contributed by atoms with Crippen molar-refractivity contribution in [3.63, 3.8) is 0 Å². The van der Waals surface area contributed by atoms with E-state index >= 15 is 0 Å². The van der Waals surface area contributed by atoms with Gasteiger partial charge in [0.05, 0.1) is 12.7 Å². The van der Waals surface area contributed by atoms with Crippen molar-refractivity contribution in [3.05, 3.63) is 58.9 Å². The first-order valence-electron chi connectivity index (χ1n) is 7.12. The number of carbonyl (C=O) groups is 1. The number of rotatable bonds is 4. The second-order valence-corrected chi connectivity index (χ2v) is 5.46. The average molecular weight is 344 g/mol. The summed E-state index contributed by atoms with van der Waals surface area (Å²) in [5, 5.41) is 7.01. The molecule has 0 aliphatic carbocycles. The lowest BCUT2D eigenvalue weighted by Crippen LogP contribution is -2.13. The van der Waals surface area contributed by atoms with Crippen LogP contribution >= 0.6 is 11.6 Å². The van der Waals surface area contributed by atoms with Crippen molar-refractivity contribution in [2.45, 2.75) is 6.92 Å². The fourth-order valence-electron chi connectivity index (χ4n) is 2.17. The minimum absolute atomic E-state index is 0.310. The number of hydrogen-bond acceptors (Lipinski definition) is 5. The van der Waals surface area contributed by atoms with Crippen molar-refractivity contribution in [3.8, 4) is 17.2 Å². The van der Waals surface area contributed by atoms with Gasteiger partial charge in [-0.05, 0) is 49.4 Å². The maximum atomic E-state index is 12.4. The van der Waals surface area contributed by atoms with E-state index in [4.69, 9.17) is 20.9 Å². The highest BCUT2D eigenvalue weighted by molar-refractivity contribution is 6.31. The second-order valence-electron chi connectivity index (χ2n) is 5.02. The van der Waals surface area contributed by atoms with Crippen LogP contribution in [0.25, 0.3) is 11.5 Å². The molecule has 3 rings (SSSR count). The molecule has 0 spiro atoms. The van der Waals surface area contributed by atoms with Crippen molar-refractivity contribution in [1.82, 2.24) is 10.1 Å². The lowest BCUT2D eigenvalue weighted by Gasteiger charge is -2.10. The molecule has 0 saturated heterocycles. The molecule has 122 valence electrons. The molecule has 1 amide bonds. The van der Waals surface area contributed by atoms with Gasteiger partial charge in [-0.3, -0.25) is 4.79 Å². The Kier molecular flexibility index (Phi) is 4.48. The summed E-state index contributed by atoms with van der Waals surface area (Å²) in [5.74, 6) is 1.14. The number of benzene rings is 2. The molecule has 0 atom stereocenters. The molecule has 1 N–H and O–H groups in total. The van der Waals surface area contributed by atoms with Crippen LogP contribution in [-0.2, 0) is 0 Å². The van der Waals surface area contributed by atoms with Gasteiger partial charge >= 0.3 is 0 Å². The van der Waals surface area contributed by atoms with E-state index in [0.29, 0.717) is 33.7 Å². The lowest BCUT2D eigenvalue weighted by atomic mass is 10.1. The number of aromatic nitrogens is 2. The minimum Gasteiger partial charge on any atom is -0.496 e. The van der Waals surface area contributed by atoms with E-state index in [1.54, 1.807) is 49.4 Å². The first-order valence-corrected chi connectivity index (χ1v) is 7.50. The first kappa shape index (κ1) is 16.0. The lowest BCUT2D eigenvalue weighted by molar-refractivity contribution is 0.102. The molecule has 1 aromatic heterocycles. The quantitative estimate of drug-likeness (QED) is 0.775. The van der Waals surface area contributed by atoms with Gasteiger partial charge in [-0.15, -0.1) is 0 Å². The number of nitrogens with zero attached hydrogens (tertiary/aromatic N) is 2. The number of methoxy groups -OCH3 is 1. The summed E-state index contributed by atoms with van der Waals surface area (Å²) < 4.78 is 10.3. The Morgan fingerprint density at radius 2 is 1.96 bits per heavy atom. The maximum Gasteiger partial charge on any atom is 0.259 e. The zero-order chi connectivity index (χ0) is 17.1. The zero-order valence-corrected chi connectivity index (χ0v) is 13.8. The number of ether oxygens (including phenoxy) is 1. The monoisotopic (exact) mass is 343 g/mol. The van der Waals surface area contributed by atoms with Crippen molar-refractivity contribution in [2.75, 3.05) is 12.4 Å². The number of hydrogen-bond donors (Lipinski definition) is 1. The van der Waals surface area contributed by atoms with Crippen molar-refractivity contribution >= 4 is 23.2 Å². The number of anilines is 1. The van der Waals surface area contributed by atoms with Gasteiger partial charge in [-0.2, -0.15) is 4.98 Å². The molecule has 24 heavy (non-hydrogen) atoms. The van der Waals surface area contributed by atoms with Crippen molar-refractivity contribution < 1.29 is 14.1 Å². The Bertz CT molecular complexity index is 875. The normalized spacial score (nSPS) is 10.5. The van der Waals surface area contributed by atoms with Crippen LogP contribution in [0.4, 0.5) is 5.69 Å². The number of halogens is 1. The van der Waals surface area contributed by atoms with E-state index in [1.165, 1.54) is 7.11 Å². The van der Waals surface area contributed by atoms with Crippen molar-refractivity contribution in [1.29, 1.82) is 0 Å². The van der Waals surface area contributed by atoms with Gasteiger partial charge in [0, 0.05) is 16.3 Å². The largest absolute Gasteiger partial charge is 0.496 e.